The van der Waals surface area contributed by atoms with Crippen molar-refractivity contribution in [3.63, 3.8) is 0 Å². The van der Waals surface area contributed by atoms with Crippen molar-refractivity contribution in [2.45, 2.75) is 26.1 Å². The lowest BCUT2D eigenvalue weighted by Crippen LogP contribution is -2.29. The second-order valence-corrected chi connectivity index (χ2v) is 4.38. The van der Waals surface area contributed by atoms with Gasteiger partial charge in [-0.15, -0.1) is 0 Å². The third-order valence-corrected chi connectivity index (χ3v) is 2.75. The van der Waals surface area contributed by atoms with Crippen LogP contribution in [-0.4, -0.2) is 31.7 Å². The van der Waals surface area contributed by atoms with Crippen LogP contribution in [0.3, 0.4) is 0 Å². The monoisotopic (exact) mass is 260 g/mol. The topological polar surface area (TPSA) is 80.0 Å². The van der Waals surface area contributed by atoms with Crippen molar-refractivity contribution >= 4 is 5.97 Å². The lowest BCUT2D eigenvalue weighted by atomic mass is 10.2. The Hall–Kier alpha value is -2.21. The van der Waals surface area contributed by atoms with Gasteiger partial charge in [-0.05, 0) is 19.1 Å². The minimum atomic E-state index is -0.958. The van der Waals surface area contributed by atoms with Crippen LogP contribution >= 0.6 is 0 Å². The van der Waals surface area contributed by atoms with E-state index in [0.29, 0.717) is 6.54 Å². The Morgan fingerprint density at radius 3 is 2.95 bits per heavy atom. The first kappa shape index (κ1) is 13.2. The van der Waals surface area contributed by atoms with E-state index in [1.807, 2.05) is 10.8 Å². The maximum Gasteiger partial charge on any atom is 0.337 e. The van der Waals surface area contributed by atoms with E-state index in [1.54, 1.807) is 24.7 Å². The molecule has 2 rings (SSSR count). The van der Waals surface area contributed by atoms with E-state index in [4.69, 9.17) is 5.11 Å². The highest BCUT2D eigenvalue weighted by Crippen LogP contribution is 2.01. The second-order valence-electron chi connectivity index (χ2n) is 4.38. The predicted octanol–water partition coefficient (Wildman–Crippen LogP) is 1.15. The molecule has 0 spiro atoms. The van der Waals surface area contributed by atoms with Crippen molar-refractivity contribution < 1.29 is 9.90 Å². The Balaban J connectivity index is 1.83. The number of nitrogens with zero attached hydrogens (tertiary/aromatic N) is 3. The molecule has 0 aliphatic carbocycles. The number of pyridine rings is 1. The number of carboxylic acids is 1. The van der Waals surface area contributed by atoms with Gasteiger partial charge in [0.05, 0.1) is 17.6 Å². The number of imidazole rings is 1. The molecule has 2 aromatic heterocycles. The molecule has 19 heavy (non-hydrogen) atoms. The zero-order chi connectivity index (χ0) is 13.7. The quantitative estimate of drug-likeness (QED) is 0.814. The van der Waals surface area contributed by atoms with Gasteiger partial charge >= 0.3 is 5.97 Å². The second kappa shape index (κ2) is 6.10. The summed E-state index contributed by atoms with van der Waals surface area (Å²) in [6.45, 7) is 3.51. The first-order valence-electron chi connectivity index (χ1n) is 6.02. The van der Waals surface area contributed by atoms with Crippen LogP contribution < -0.4 is 5.32 Å². The summed E-state index contributed by atoms with van der Waals surface area (Å²) in [6, 6.07) is 3.56. The van der Waals surface area contributed by atoms with Gasteiger partial charge in [-0.25, -0.2) is 9.78 Å². The van der Waals surface area contributed by atoms with Crippen molar-refractivity contribution in [2.75, 3.05) is 0 Å². The molecule has 0 amide bonds. The number of aromatic nitrogens is 3. The number of hydrogen-bond donors (Lipinski definition) is 2. The van der Waals surface area contributed by atoms with Crippen molar-refractivity contribution in [3.05, 3.63) is 48.3 Å². The van der Waals surface area contributed by atoms with Crippen LogP contribution in [0.25, 0.3) is 0 Å². The third-order valence-electron chi connectivity index (χ3n) is 2.75. The van der Waals surface area contributed by atoms with Crippen molar-refractivity contribution in [2.24, 2.45) is 0 Å². The minimum absolute atomic E-state index is 0.204. The fourth-order valence-electron chi connectivity index (χ4n) is 1.71. The molecule has 0 fully saturated rings. The minimum Gasteiger partial charge on any atom is -0.478 e. The molecule has 6 nitrogen and oxygen atoms in total. The molecule has 0 aromatic carbocycles. The van der Waals surface area contributed by atoms with Gasteiger partial charge in [0.2, 0.25) is 0 Å². The molecule has 0 radical (unpaired) electrons. The molecule has 0 aliphatic heterocycles. The molecular weight excluding hydrogens is 244 g/mol. The van der Waals surface area contributed by atoms with E-state index < -0.39 is 5.97 Å². The molecule has 2 heterocycles. The normalized spacial score (nSPS) is 12.3. The van der Waals surface area contributed by atoms with Gasteiger partial charge in [-0.2, -0.15) is 0 Å². The van der Waals surface area contributed by atoms with E-state index in [1.165, 1.54) is 6.20 Å². The SMILES string of the molecule is CC(Cn1ccnc1)NCc1ccc(C(=O)O)cn1. The van der Waals surface area contributed by atoms with E-state index >= 15 is 0 Å². The maximum absolute atomic E-state index is 10.7. The fourth-order valence-corrected chi connectivity index (χ4v) is 1.71. The van der Waals surface area contributed by atoms with Gasteiger partial charge in [0.15, 0.2) is 0 Å². The summed E-state index contributed by atoms with van der Waals surface area (Å²) < 4.78 is 2.00. The number of hydrogen-bond acceptors (Lipinski definition) is 4. The number of carbonyl (C=O) groups is 1. The van der Waals surface area contributed by atoms with E-state index in [2.05, 4.69) is 22.2 Å². The predicted molar refractivity (Wildman–Crippen MR) is 69.7 cm³/mol. The van der Waals surface area contributed by atoms with Crippen LogP contribution in [0.4, 0.5) is 0 Å². The molecule has 1 atom stereocenters. The summed E-state index contributed by atoms with van der Waals surface area (Å²) >= 11 is 0. The van der Waals surface area contributed by atoms with E-state index in [-0.39, 0.29) is 11.6 Å². The van der Waals surface area contributed by atoms with Crippen LogP contribution in [0, 0.1) is 0 Å². The first-order valence-corrected chi connectivity index (χ1v) is 6.02. The zero-order valence-electron chi connectivity index (χ0n) is 10.7. The average molecular weight is 260 g/mol. The molecule has 0 saturated heterocycles. The molecule has 2 aromatic rings. The smallest absolute Gasteiger partial charge is 0.337 e. The van der Waals surface area contributed by atoms with Gasteiger partial charge in [0.1, 0.15) is 0 Å². The largest absolute Gasteiger partial charge is 0.478 e. The number of aromatic carboxylic acids is 1. The number of rotatable bonds is 6. The van der Waals surface area contributed by atoms with Gasteiger partial charge in [0, 0.05) is 37.7 Å². The number of nitrogens with one attached hydrogen (secondary N) is 1. The van der Waals surface area contributed by atoms with Crippen molar-refractivity contribution in [3.8, 4) is 0 Å². The Morgan fingerprint density at radius 2 is 2.37 bits per heavy atom. The van der Waals surface area contributed by atoms with Crippen LogP contribution in [0.15, 0.2) is 37.1 Å². The van der Waals surface area contributed by atoms with Crippen LogP contribution in [0.1, 0.15) is 23.0 Å². The Kier molecular flexibility index (Phi) is 4.25. The first-order chi connectivity index (χ1) is 9.15. The standard InChI is InChI=1S/C13H16N4O2/c1-10(8-17-5-4-14-9-17)15-7-12-3-2-11(6-16-12)13(18)19/h2-6,9-10,15H,7-8H2,1H3,(H,18,19). The number of carboxylic acid groups (broad SMARTS) is 1. The highest BCUT2D eigenvalue weighted by atomic mass is 16.4. The third kappa shape index (κ3) is 3.89. The molecule has 6 heteroatoms. The van der Waals surface area contributed by atoms with E-state index in [0.717, 1.165) is 12.2 Å². The molecule has 0 aliphatic rings. The van der Waals surface area contributed by atoms with Crippen molar-refractivity contribution in [1.29, 1.82) is 0 Å². The molecular formula is C13H16N4O2. The lowest BCUT2D eigenvalue weighted by molar-refractivity contribution is 0.0696. The van der Waals surface area contributed by atoms with Crippen molar-refractivity contribution in [1.82, 2.24) is 19.9 Å². The summed E-state index contributed by atoms with van der Waals surface area (Å²) in [5.74, 6) is -0.958. The summed E-state index contributed by atoms with van der Waals surface area (Å²) in [5.41, 5.74) is 1.03. The maximum atomic E-state index is 10.7. The van der Waals surface area contributed by atoms with Crippen LogP contribution in [0.5, 0.6) is 0 Å². The van der Waals surface area contributed by atoms with E-state index in [9.17, 15) is 4.79 Å². The van der Waals surface area contributed by atoms with Gasteiger partial charge in [0.25, 0.3) is 0 Å². The zero-order valence-corrected chi connectivity index (χ0v) is 10.7. The Labute approximate surface area is 111 Å². The molecule has 1 unspecified atom stereocenters. The average Bonchev–Trinajstić information content (AvgIpc) is 2.89. The summed E-state index contributed by atoms with van der Waals surface area (Å²) in [6.07, 6.45) is 6.81. The highest BCUT2D eigenvalue weighted by Gasteiger charge is 2.05. The van der Waals surface area contributed by atoms with Crippen LogP contribution in [0.2, 0.25) is 0 Å². The highest BCUT2D eigenvalue weighted by molar-refractivity contribution is 5.87. The molecule has 0 bridgehead atoms. The fraction of sp³-hybridized carbons (Fsp3) is 0.308. The summed E-state index contributed by atoms with van der Waals surface area (Å²) in [7, 11) is 0. The Morgan fingerprint density at radius 1 is 1.53 bits per heavy atom. The van der Waals surface area contributed by atoms with Gasteiger partial charge < -0.3 is 15.0 Å². The summed E-state index contributed by atoms with van der Waals surface area (Å²) in [5, 5.41) is 12.1. The van der Waals surface area contributed by atoms with Gasteiger partial charge in [-0.3, -0.25) is 4.98 Å². The molecule has 2 N–H and O–H groups in total. The lowest BCUT2D eigenvalue weighted by Gasteiger charge is -2.13. The van der Waals surface area contributed by atoms with Crippen LogP contribution in [-0.2, 0) is 13.1 Å². The summed E-state index contributed by atoms with van der Waals surface area (Å²) in [4.78, 5) is 18.8. The Bertz CT molecular complexity index is 522. The molecule has 0 saturated carbocycles. The van der Waals surface area contributed by atoms with Gasteiger partial charge in [-0.1, -0.05) is 0 Å². The molecule has 100 valence electrons.